The van der Waals surface area contributed by atoms with E-state index in [1.54, 1.807) is 25.3 Å². The predicted octanol–water partition coefficient (Wildman–Crippen LogP) is 3.90. The molecule has 0 spiro atoms. The third-order valence-electron chi connectivity index (χ3n) is 4.02. The number of rotatable bonds is 10. The van der Waals surface area contributed by atoms with Gasteiger partial charge in [0.05, 0.1) is 40.1 Å². The summed E-state index contributed by atoms with van der Waals surface area (Å²) in [5.41, 5.74) is 1.61. The Bertz CT molecular complexity index is 756. The summed E-state index contributed by atoms with van der Waals surface area (Å²) in [7, 11) is 4.50. The first kappa shape index (κ1) is 20.4. The van der Waals surface area contributed by atoms with Crippen LogP contribution in [-0.2, 0) is 11.2 Å². The van der Waals surface area contributed by atoms with Gasteiger partial charge in [0.25, 0.3) is 0 Å². The van der Waals surface area contributed by atoms with Crippen molar-refractivity contribution < 1.29 is 28.5 Å². The maximum Gasteiger partial charge on any atom is 0.337 e. The van der Waals surface area contributed by atoms with Crippen LogP contribution in [0.5, 0.6) is 23.0 Å². The molecular weight excluding hydrogens is 348 g/mol. The fraction of sp³-hybridized carbons (Fsp3) is 0.381. The molecule has 0 saturated carbocycles. The zero-order valence-electron chi connectivity index (χ0n) is 16.2. The monoisotopic (exact) mass is 374 g/mol. The van der Waals surface area contributed by atoms with E-state index in [-0.39, 0.29) is 0 Å². The van der Waals surface area contributed by atoms with Crippen molar-refractivity contribution in [3.8, 4) is 23.0 Å². The van der Waals surface area contributed by atoms with Gasteiger partial charge in [-0.05, 0) is 42.3 Å². The van der Waals surface area contributed by atoms with Crippen LogP contribution in [0, 0.1) is 0 Å². The van der Waals surface area contributed by atoms with Crippen LogP contribution in [0.15, 0.2) is 36.4 Å². The number of carbonyl (C=O) groups is 1. The first-order chi connectivity index (χ1) is 13.1. The van der Waals surface area contributed by atoms with Gasteiger partial charge in [0.15, 0.2) is 23.0 Å². The minimum absolute atomic E-state index is 0.410. The molecule has 2 aromatic rings. The predicted molar refractivity (Wildman–Crippen MR) is 102 cm³/mol. The smallest absolute Gasteiger partial charge is 0.337 e. The molecule has 146 valence electrons. The Balaban J connectivity index is 1.86. The standard InChI is InChI=1S/C21H26O6/c1-5-15-7-9-17(19(13-15)23-2)26-11-6-12-27-18-10-8-16(21(22)25-4)14-20(18)24-3/h7-10,13-14H,5-6,11-12H2,1-4H3. The van der Waals surface area contributed by atoms with Crippen molar-refractivity contribution >= 4 is 5.97 Å². The highest BCUT2D eigenvalue weighted by Crippen LogP contribution is 2.29. The Morgan fingerprint density at radius 2 is 1.41 bits per heavy atom. The summed E-state index contributed by atoms with van der Waals surface area (Å²) in [5, 5.41) is 0. The van der Waals surface area contributed by atoms with Gasteiger partial charge >= 0.3 is 5.97 Å². The SMILES string of the molecule is CCc1ccc(OCCCOc2ccc(C(=O)OC)cc2OC)c(OC)c1. The molecule has 0 radical (unpaired) electrons. The van der Waals surface area contributed by atoms with Crippen molar-refractivity contribution in [2.45, 2.75) is 19.8 Å². The van der Waals surface area contributed by atoms with Crippen molar-refractivity contribution in [2.75, 3.05) is 34.5 Å². The summed E-state index contributed by atoms with van der Waals surface area (Å²) < 4.78 is 26.9. The molecule has 2 rings (SSSR count). The number of benzene rings is 2. The van der Waals surface area contributed by atoms with Gasteiger partial charge in [-0.15, -0.1) is 0 Å². The lowest BCUT2D eigenvalue weighted by Gasteiger charge is -2.13. The number of esters is 1. The number of hydrogen-bond donors (Lipinski definition) is 0. The quantitative estimate of drug-likeness (QED) is 0.464. The van der Waals surface area contributed by atoms with E-state index in [0.717, 1.165) is 17.9 Å². The fourth-order valence-corrected chi connectivity index (χ4v) is 2.51. The van der Waals surface area contributed by atoms with E-state index in [1.165, 1.54) is 19.8 Å². The normalized spacial score (nSPS) is 10.2. The van der Waals surface area contributed by atoms with Crippen molar-refractivity contribution in [3.05, 3.63) is 47.5 Å². The van der Waals surface area contributed by atoms with E-state index in [1.807, 2.05) is 18.2 Å². The summed E-state index contributed by atoms with van der Waals surface area (Å²) in [4.78, 5) is 11.6. The molecule has 0 N–H and O–H groups in total. The molecule has 6 nitrogen and oxygen atoms in total. The third kappa shape index (κ3) is 5.54. The molecule has 0 amide bonds. The van der Waals surface area contributed by atoms with Crippen LogP contribution in [0.3, 0.4) is 0 Å². The molecule has 2 aromatic carbocycles. The summed E-state index contributed by atoms with van der Waals surface area (Å²) in [6.07, 6.45) is 1.63. The number of methoxy groups -OCH3 is 3. The Hall–Kier alpha value is -2.89. The first-order valence-electron chi connectivity index (χ1n) is 8.81. The number of carbonyl (C=O) groups excluding carboxylic acids is 1. The van der Waals surface area contributed by atoms with Gasteiger partial charge in [-0.3, -0.25) is 0 Å². The van der Waals surface area contributed by atoms with Gasteiger partial charge < -0.3 is 23.7 Å². The van der Waals surface area contributed by atoms with Gasteiger partial charge in [0.2, 0.25) is 0 Å². The van der Waals surface area contributed by atoms with Crippen LogP contribution in [0.25, 0.3) is 0 Å². The van der Waals surface area contributed by atoms with Gasteiger partial charge in [0.1, 0.15) is 0 Å². The van der Waals surface area contributed by atoms with Crippen LogP contribution in [0.2, 0.25) is 0 Å². The minimum atomic E-state index is -0.420. The molecular formula is C21H26O6. The minimum Gasteiger partial charge on any atom is -0.493 e. The van der Waals surface area contributed by atoms with Crippen molar-refractivity contribution in [3.63, 3.8) is 0 Å². The molecule has 0 aliphatic heterocycles. The van der Waals surface area contributed by atoms with E-state index >= 15 is 0 Å². The van der Waals surface area contributed by atoms with Gasteiger partial charge in [-0.1, -0.05) is 13.0 Å². The average Bonchev–Trinajstić information content (AvgIpc) is 2.72. The number of aryl methyl sites for hydroxylation is 1. The Morgan fingerprint density at radius 3 is 1.96 bits per heavy atom. The second kappa shape index (κ2) is 10.3. The van der Waals surface area contributed by atoms with E-state index < -0.39 is 5.97 Å². The highest BCUT2D eigenvalue weighted by Gasteiger charge is 2.11. The molecule has 0 aliphatic rings. The average molecular weight is 374 g/mol. The summed E-state index contributed by atoms with van der Waals surface area (Å²) in [6.45, 7) is 3.03. The lowest BCUT2D eigenvalue weighted by atomic mass is 10.1. The second-order valence-electron chi connectivity index (χ2n) is 5.75. The lowest BCUT2D eigenvalue weighted by molar-refractivity contribution is 0.0600. The van der Waals surface area contributed by atoms with E-state index in [4.69, 9.17) is 23.7 Å². The molecule has 27 heavy (non-hydrogen) atoms. The Kier molecular flexibility index (Phi) is 7.79. The van der Waals surface area contributed by atoms with Gasteiger partial charge in [-0.2, -0.15) is 0 Å². The van der Waals surface area contributed by atoms with Crippen LogP contribution >= 0.6 is 0 Å². The number of ether oxygens (including phenoxy) is 5. The second-order valence-corrected chi connectivity index (χ2v) is 5.75. The Morgan fingerprint density at radius 1 is 0.815 bits per heavy atom. The van der Waals surface area contributed by atoms with Crippen molar-refractivity contribution in [1.29, 1.82) is 0 Å². The van der Waals surface area contributed by atoms with Crippen LogP contribution in [0.4, 0.5) is 0 Å². The molecule has 0 aliphatic carbocycles. The highest BCUT2D eigenvalue weighted by atomic mass is 16.5. The molecule has 0 bridgehead atoms. The highest BCUT2D eigenvalue weighted by molar-refractivity contribution is 5.90. The zero-order valence-corrected chi connectivity index (χ0v) is 16.2. The van der Waals surface area contributed by atoms with Crippen LogP contribution < -0.4 is 18.9 Å². The van der Waals surface area contributed by atoms with E-state index in [2.05, 4.69) is 6.92 Å². The maximum atomic E-state index is 11.6. The fourth-order valence-electron chi connectivity index (χ4n) is 2.51. The van der Waals surface area contributed by atoms with Gasteiger partial charge in [0, 0.05) is 6.42 Å². The zero-order chi connectivity index (χ0) is 19.6. The number of hydrogen-bond acceptors (Lipinski definition) is 6. The third-order valence-corrected chi connectivity index (χ3v) is 4.02. The molecule has 0 fully saturated rings. The summed E-state index contributed by atoms with van der Waals surface area (Å²) in [6, 6.07) is 10.9. The largest absolute Gasteiger partial charge is 0.493 e. The molecule has 0 unspecified atom stereocenters. The van der Waals surface area contributed by atoms with Crippen molar-refractivity contribution in [1.82, 2.24) is 0 Å². The molecule has 0 atom stereocenters. The lowest BCUT2D eigenvalue weighted by Crippen LogP contribution is -2.07. The van der Waals surface area contributed by atoms with Crippen molar-refractivity contribution in [2.24, 2.45) is 0 Å². The maximum absolute atomic E-state index is 11.6. The molecule has 6 heteroatoms. The topological polar surface area (TPSA) is 63.2 Å². The van der Waals surface area contributed by atoms with E-state index in [0.29, 0.717) is 36.7 Å². The Labute approximate surface area is 160 Å². The molecule has 0 heterocycles. The van der Waals surface area contributed by atoms with Crippen LogP contribution in [-0.4, -0.2) is 40.5 Å². The van der Waals surface area contributed by atoms with E-state index in [9.17, 15) is 4.79 Å². The molecule has 0 saturated heterocycles. The van der Waals surface area contributed by atoms with Crippen LogP contribution in [0.1, 0.15) is 29.3 Å². The van der Waals surface area contributed by atoms with Gasteiger partial charge in [-0.25, -0.2) is 4.79 Å². The molecule has 0 aromatic heterocycles. The summed E-state index contributed by atoms with van der Waals surface area (Å²) in [5.74, 6) is 2.08. The summed E-state index contributed by atoms with van der Waals surface area (Å²) >= 11 is 0. The first-order valence-corrected chi connectivity index (χ1v) is 8.81.